The van der Waals surface area contributed by atoms with Crippen molar-refractivity contribution in [3.05, 3.63) is 59.3 Å². The van der Waals surface area contributed by atoms with Crippen molar-refractivity contribution in [2.75, 3.05) is 25.5 Å². The van der Waals surface area contributed by atoms with Crippen LogP contribution in [0, 0.1) is 0 Å². The van der Waals surface area contributed by atoms with Crippen LogP contribution >= 0.6 is 0 Å². The van der Waals surface area contributed by atoms with Crippen LogP contribution in [0.1, 0.15) is 28.4 Å². The predicted molar refractivity (Wildman–Crippen MR) is 91.4 cm³/mol. The number of likely N-dealkylation sites (N-methyl/N-ethyl adjacent to an activating group) is 1. The Bertz CT molecular complexity index is 641. The molecule has 0 spiro atoms. The van der Waals surface area contributed by atoms with Gasteiger partial charge in [0.15, 0.2) is 0 Å². The number of aromatic nitrogens is 1. The zero-order chi connectivity index (χ0) is 16.7. The van der Waals surface area contributed by atoms with Gasteiger partial charge < -0.3 is 10.4 Å². The number of aliphatic hydroxyl groups is 1. The van der Waals surface area contributed by atoms with Gasteiger partial charge >= 0.3 is 0 Å². The number of carbonyl (C=O) groups is 1. The largest absolute Gasteiger partial charge is 0.395 e. The minimum atomic E-state index is -0.166. The van der Waals surface area contributed by atoms with E-state index in [1.54, 1.807) is 18.3 Å². The van der Waals surface area contributed by atoms with Gasteiger partial charge in [0.05, 0.1) is 6.61 Å². The monoisotopic (exact) mass is 313 g/mol. The summed E-state index contributed by atoms with van der Waals surface area (Å²) in [6.07, 6.45) is 2.61. The van der Waals surface area contributed by atoms with E-state index in [-0.39, 0.29) is 12.5 Å². The molecule has 0 bridgehead atoms. The molecule has 1 aromatic heterocycles. The van der Waals surface area contributed by atoms with E-state index in [4.69, 9.17) is 5.11 Å². The van der Waals surface area contributed by atoms with E-state index in [1.165, 1.54) is 0 Å². The molecule has 0 aliphatic heterocycles. The minimum absolute atomic E-state index is 0.140. The fraction of sp³-hybridized carbons (Fsp3) is 0.333. The van der Waals surface area contributed by atoms with Crippen LogP contribution in [0.5, 0.6) is 0 Å². The summed E-state index contributed by atoms with van der Waals surface area (Å²) < 4.78 is 0. The van der Waals surface area contributed by atoms with Crippen molar-refractivity contribution in [1.82, 2.24) is 9.88 Å². The Morgan fingerprint density at radius 3 is 2.61 bits per heavy atom. The summed E-state index contributed by atoms with van der Waals surface area (Å²) in [5.41, 5.74) is 2.84. The summed E-state index contributed by atoms with van der Waals surface area (Å²) >= 11 is 0. The van der Waals surface area contributed by atoms with Gasteiger partial charge in [0, 0.05) is 24.8 Å². The topological polar surface area (TPSA) is 65.5 Å². The second kappa shape index (κ2) is 8.41. The highest BCUT2D eigenvalue weighted by molar-refractivity contribution is 6.03. The average molecular weight is 313 g/mol. The first-order valence-electron chi connectivity index (χ1n) is 7.77. The van der Waals surface area contributed by atoms with Crippen molar-refractivity contribution in [3.8, 4) is 0 Å². The molecular weight excluding hydrogens is 290 g/mol. The van der Waals surface area contributed by atoms with Gasteiger partial charge in [-0.05, 0) is 48.9 Å². The number of hydrogen-bond donors (Lipinski definition) is 2. The number of pyridine rings is 1. The summed E-state index contributed by atoms with van der Waals surface area (Å²) in [6, 6.07) is 11.3. The standard InChI is InChI=1S/C18H23N3O2/c1-3-14-8-9-19-17(12-14)20-18(23)16-6-4-15(5-7-16)13-21(2)10-11-22/h4-9,12,22H,3,10-11,13H2,1-2H3,(H,19,20,23). The first kappa shape index (κ1) is 17.1. The van der Waals surface area contributed by atoms with Crippen LogP contribution in [-0.4, -0.2) is 41.1 Å². The summed E-state index contributed by atoms with van der Waals surface area (Å²) in [6.45, 7) is 3.57. The Morgan fingerprint density at radius 2 is 1.96 bits per heavy atom. The van der Waals surface area contributed by atoms with Crippen LogP contribution in [0.2, 0.25) is 0 Å². The lowest BCUT2D eigenvalue weighted by atomic mass is 10.1. The van der Waals surface area contributed by atoms with E-state index >= 15 is 0 Å². The molecule has 0 atom stereocenters. The molecule has 0 aliphatic rings. The van der Waals surface area contributed by atoms with E-state index in [2.05, 4.69) is 17.2 Å². The SMILES string of the molecule is CCc1ccnc(NC(=O)c2ccc(CN(C)CCO)cc2)c1. The molecule has 0 fully saturated rings. The first-order chi connectivity index (χ1) is 11.1. The number of benzene rings is 1. The molecule has 2 aromatic rings. The molecule has 0 radical (unpaired) electrons. The summed E-state index contributed by atoms with van der Waals surface area (Å²) in [4.78, 5) is 18.4. The highest BCUT2D eigenvalue weighted by atomic mass is 16.3. The summed E-state index contributed by atoms with van der Waals surface area (Å²) in [5, 5.41) is 11.7. The maximum Gasteiger partial charge on any atom is 0.256 e. The third kappa shape index (κ3) is 5.16. The second-order valence-corrected chi connectivity index (χ2v) is 5.52. The van der Waals surface area contributed by atoms with Crippen molar-refractivity contribution >= 4 is 11.7 Å². The van der Waals surface area contributed by atoms with E-state index in [0.29, 0.717) is 17.9 Å². The Balaban J connectivity index is 1.99. The molecule has 23 heavy (non-hydrogen) atoms. The van der Waals surface area contributed by atoms with Gasteiger partial charge in [-0.15, -0.1) is 0 Å². The van der Waals surface area contributed by atoms with Gasteiger partial charge in [0.1, 0.15) is 5.82 Å². The van der Waals surface area contributed by atoms with Gasteiger partial charge in [-0.2, -0.15) is 0 Å². The van der Waals surface area contributed by atoms with Gasteiger partial charge in [0.25, 0.3) is 5.91 Å². The van der Waals surface area contributed by atoms with Gasteiger partial charge in [-0.3, -0.25) is 9.69 Å². The van der Waals surface area contributed by atoms with Crippen LogP contribution in [0.15, 0.2) is 42.6 Å². The first-order valence-corrected chi connectivity index (χ1v) is 7.77. The van der Waals surface area contributed by atoms with Crippen LogP contribution in [0.4, 0.5) is 5.82 Å². The van der Waals surface area contributed by atoms with E-state index < -0.39 is 0 Å². The number of aryl methyl sites for hydroxylation is 1. The number of nitrogens with one attached hydrogen (secondary N) is 1. The zero-order valence-electron chi connectivity index (χ0n) is 13.6. The number of hydrogen-bond acceptors (Lipinski definition) is 4. The van der Waals surface area contributed by atoms with Crippen LogP contribution in [0.3, 0.4) is 0 Å². The third-order valence-electron chi connectivity index (χ3n) is 3.62. The normalized spacial score (nSPS) is 10.8. The van der Waals surface area contributed by atoms with Crippen LogP contribution in [0.25, 0.3) is 0 Å². The molecule has 5 heteroatoms. The highest BCUT2D eigenvalue weighted by Gasteiger charge is 2.08. The van der Waals surface area contributed by atoms with Crippen molar-refractivity contribution < 1.29 is 9.90 Å². The van der Waals surface area contributed by atoms with Crippen LogP contribution in [-0.2, 0) is 13.0 Å². The number of aliphatic hydroxyl groups excluding tert-OH is 1. The third-order valence-corrected chi connectivity index (χ3v) is 3.62. The van der Waals surface area contributed by atoms with E-state index in [1.807, 2.05) is 36.2 Å². The Morgan fingerprint density at radius 1 is 1.22 bits per heavy atom. The Kier molecular flexibility index (Phi) is 6.26. The molecule has 0 saturated heterocycles. The molecule has 0 aliphatic carbocycles. The number of nitrogens with zero attached hydrogens (tertiary/aromatic N) is 2. The van der Waals surface area contributed by atoms with Crippen LogP contribution < -0.4 is 5.32 Å². The molecule has 2 rings (SSSR count). The molecule has 0 saturated carbocycles. The minimum Gasteiger partial charge on any atom is -0.395 e. The summed E-state index contributed by atoms with van der Waals surface area (Å²) in [7, 11) is 1.95. The fourth-order valence-corrected chi connectivity index (χ4v) is 2.27. The summed E-state index contributed by atoms with van der Waals surface area (Å²) in [5.74, 6) is 0.405. The number of carbonyl (C=O) groups excluding carboxylic acids is 1. The zero-order valence-corrected chi connectivity index (χ0v) is 13.6. The van der Waals surface area contributed by atoms with Gasteiger partial charge in [-0.25, -0.2) is 4.98 Å². The fourth-order valence-electron chi connectivity index (χ4n) is 2.27. The number of anilines is 1. The molecular formula is C18H23N3O2. The van der Waals surface area contributed by atoms with Crippen molar-refractivity contribution in [2.24, 2.45) is 0 Å². The molecule has 2 N–H and O–H groups in total. The average Bonchev–Trinajstić information content (AvgIpc) is 2.56. The lowest BCUT2D eigenvalue weighted by Crippen LogP contribution is -2.21. The highest BCUT2D eigenvalue weighted by Crippen LogP contribution is 2.11. The second-order valence-electron chi connectivity index (χ2n) is 5.52. The molecule has 122 valence electrons. The van der Waals surface area contributed by atoms with Crippen molar-refractivity contribution in [2.45, 2.75) is 19.9 Å². The van der Waals surface area contributed by atoms with Crippen molar-refractivity contribution in [1.29, 1.82) is 0 Å². The molecule has 5 nitrogen and oxygen atoms in total. The molecule has 1 heterocycles. The lowest BCUT2D eigenvalue weighted by Gasteiger charge is -2.15. The van der Waals surface area contributed by atoms with E-state index in [9.17, 15) is 4.79 Å². The smallest absolute Gasteiger partial charge is 0.256 e. The maximum absolute atomic E-state index is 12.3. The lowest BCUT2D eigenvalue weighted by molar-refractivity contribution is 0.102. The van der Waals surface area contributed by atoms with Crippen molar-refractivity contribution in [3.63, 3.8) is 0 Å². The van der Waals surface area contributed by atoms with Gasteiger partial charge in [-0.1, -0.05) is 19.1 Å². The number of amides is 1. The molecule has 1 aromatic carbocycles. The Hall–Kier alpha value is -2.24. The molecule has 0 unspecified atom stereocenters. The van der Waals surface area contributed by atoms with Gasteiger partial charge in [0.2, 0.25) is 0 Å². The quantitative estimate of drug-likeness (QED) is 0.823. The molecule has 1 amide bonds. The van der Waals surface area contributed by atoms with E-state index in [0.717, 1.165) is 24.1 Å². The predicted octanol–water partition coefficient (Wildman–Crippen LogP) is 2.32. The number of rotatable bonds is 7. The Labute approximate surface area is 137 Å². The maximum atomic E-state index is 12.3.